The molecule has 3 atom stereocenters. The molecule has 2 heteroatoms. The van der Waals surface area contributed by atoms with Crippen molar-refractivity contribution in [2.24, 2.45) is 5.92 Å². The molecule has 21 heavy (non-hydrogen) atoms. The van der Waals surface area contributed by atoms with Gasteiger partial charge in [0.15, 0.2) is 8.46 Å². The molecular weight excluding hydrogens is 275 g/mol. The lowest BCUT2D eigenvalue weighted by atomic mass is 9.54. The van der Waals surface area contributed by atoms with Crippen LogP contribution in [-0.2, 0) is 16.4 Å². The van der Waals surface area contributed by atoms with Crippen molar-refractivity contribution in [3.63, 3.8) is 0 Å². The van der Waals surface area contributed by atoms with Crippen LogP contribution in [0.4, 0.5) is 0 Å². The first-order valence-corrected chi connectivity index (χ1v) is 9.20. The highest BCUT2D eigenvalue weighted by Gasteiger charge is 2.52. The van der Waals surface area contributed by atoms with Gasteiger partial charge in [-0.25, -0.2) is 0 Å². The van der Waals surface area contributed by atoms with Gasteiger partial charge in [-0.15, -0.1) is 0 Å². The summed E-state index contributed by atoms with van der Waals surface area (Å²) in [5, 5.41) is -0.0264. The van der Waals surface area contributed by atoms with E-state index in [2.05, 4.69) is 45.9 Å². The number of hydrogen-bond acceptors (Lipinski definition) is 1. The summed E-state index contributed by atoms with van der Waals surface area (Å²) in [5.41, 5.74) is 4.76. The first-order valence-electron chi connectivity index (χ1n) is 8.38. The van der Waals surface area contributed by atoms with Gasteiger partial charge in [-0.2, -0.15) is 0 Å². The van der Waals surface area contributed by atoms with Gasteiger partial charge in [-0.3, -0.25) is 4.57 Å². The molecule has 0 saturated heterocycles. The second-order valence-corrected chi connectivity index (χ2v) is 9.09. The van der Waals surface area contributed by atoms with Crippen molar-refractivity contribution in [2.75, 3.05) is 0 Å². The standard InChI is InChI=1S/C19H27OP/c1-13(2)14-6-8-16-15(12-14)7-9-17-18(16,3)10-5-11-19(17,4)21-20/h6,8,12-13,17H,5,7,9-11H2,1-4H3/t17-,18-,19-/m1/s1. The highest BCUT2D eigenvalue weighted by atomic mass is 31.1. The van der Waals surface area contributed by atoms with Gasteiger partial charge >= 0.3 is 0 Å². The molecule has 1 nitrogen and oxygen atoms in total. The summed E-state index contributed by atoms with van der Waals surface area (Å²) < 4.78 is 11.8. The summed E-state index contributed by atoms with van der Waals surface area (Å²) in [5.74, 6) is 1.15. The lowest BCUT2D eigenvalue weighted by molar-refractivity contribution is 0.136. The Morgan fingerprint density at radius 2 is 2.00 bits per heavy atom. The lowest BCUT2D eigenvalue weighted by Gasteiger charge is -2.53. The molecule has 0 aliphatic heterocycles. The molecular formula is C19H27OP. The molecule has 1 aromatic rings. The van der Waals surface area contributed by atoms with E-state index in [0.29, 0.717) is 20.3 Å². The predicted molar refractivity (Wildman–Crippen MR) is 89.6 cm³/mol. The van der Waals surface area contributed by atoms with Crippen LogP contribution in [0.3, 0.4) is 0 Å². The molecule has 114 valence electrons. The van der Waals surface area contributed by atoms with Gasteiger partial charge < -0.3 is 0 Å². The van der Waals surface area contributed by atoms with E-state index in [-0.39, 0.29) is 10.6 Å². The van der Waals surface area contributed by atoms with Crippen molar-refractivity contribution in [2.45, 2.75) is 76.3 Å². The van der Waals surface area contributed by atoms with Crippen molar-refractivity contribution in [1.82, 2.24) is 0 Å². The Kier molecular flexibility index (Phi) is 3.77. The Labute approximate surface area is 130 Å². The zero-order valence-electron chi connectivity index (χ0n) is 13.8. The lowest BCUT2D eigenvalue weighted by Crippen LogP contribution is -2.50. The maximum absolute atomic E-state index is 11.8. The van der Waals surface area contributed by atoms with Crippen LogP contribution in [0.2, 0.25) is 0 Å². The van der Waals surface area contributed by atoms with Crippen molar-refractivity contribution in [1.29, 1.82) is 0 Å². The van der Waals surface area contributed by atoms with E-state index >= 15 is 0 Å². The zero-order chi connectivity index (χ0) is 15.3. The van der Waals surface area contributed by atoms with Crippen LogP contribution >= 0.6 is 8.46 Å². The van der Waals surface area contributed by atoms with E-state index < -0.39 is 0 Å². The van der Waals surface area contributed by atoms with Crippen molar-refractivity contribution < 1.29 is 4.57 Å². The van der Waals surface area contributed by atoms with Crippen molar-refractivity contribution in [3.05, 3.63) is 34.9 Å². The zero-order valence-corrected chi connectivity index (χ0v) is 14.7. The van der Waals surface area contributed by atoms with Gasteiger partial charge in [0.2, 0.25) is 0 Å². The van der Waals surface area contributed by atoms with Gasteiger partial charge in [0.25, 0.3) is 0 Å². The third kappa shape index (κ3) is 2.29. The molecule has 0 aromatic heterocycles. The minimum atomic E-state index is -0.0264. The number of hydrogen-bond donors (Lipinski definition) is 0. The van der Waals surface area contributed by atoms with Crippen molar-refractivity contribution in [3.8, 4) is 0 Å². The largest absolute Gasteiger partial charge is 0.274 e. The topological polar surface area (TPSA) is 17.1 Å². The minimum Gasteiger partial charge on any atom is -0.274 e. The summed E-state index contributed by atoms with van der Waals surface area (Å²) in [6, 6.07) is 7.13. The van der Waals surface area contributed by atoms with Crippen LogP contribution in [-0.4, -0.2) is 5.16 Å². The van der Waals surface area contributed by atoms with Gasteiger partial charge in [-0.05, 0) is 66.5 Å². The monoisotopic (exact) mass is 302 g/mol. The average molecular weight is 302 g/mol. The first-order chi connectivity index (χ1) is 9.90. The Hall–Kier alpha value is -0.680. The Morgan fingerprint density at radius 1 is 1.24 bits per heavy atom. The number of rotatable bonds is 2. The maximum atomic E-state index is 11.8. The molecule has 0 heterocycles. The summed E-state index contributed by atoms with van der Waals surface area (Å²) >= 11 is 0. The molecule has 0 N–H and O–H groups in total. The fourth-order valence-electron chi connectivity index (χ4n) is 4.95. The second-order valence-electron chi connectivity index (χ2n) is 7.88. The van der Waals surface area contributed by atoms with Crippen LogP contribution in [0, 0.1) is 5.92 Å². The number of benzene rings is 1. The number of aryl methyl sites for hydroxylation is 1. The highest BCUT2D eigenvalue weighted by Crippen LogP contribution is 2.57. The van der Waals surface area contributed by atoms with Gasteiger partial charge in [0, 0.05) is 0 Å². The molecule has 1 aromatic carbocycles. The molecule has 2 aliphatic carbocycles. The van der Waals surface area contributed by atoms with Crippen LogP contribution < -0.4 is 0 Å². The van der Waals surface area contributed by atoms with E-state index in [0.717, 1.165) is 12.8 Å². The first kappa shape index (κ1) is 15.2. The molecule has 1 fully saturated rings. The van der Waals surface area contributed by atoms with Crippen LogP contribution in [0.25, 0.3) is 0 Å². The average Bonchev–Trinajstić information content (AvgIpc) is 2.46. The van der Waals surface area contributed by atoms with E-state index in [1.165, 1.54) is 30.4 Å². The minimum absolute atomic E-state index is 0.0264. The van der Waals surface area contributed by atoms with Gasteiger partial charge in [-0.1, -0.05) is 45.4 Å². The summed E-state index contributed by atoms with van der Waals surface area (Å²) in [4.78, 5) is 0. The van der Waals surface area contributed by atoms with Gasteiger partial charge in [0.05, 0.1) is 5.16 Å². The molecule has 0 bridgehead atoms. The number of fused-ring (bicyclic) bond motifs is 3. The normalized spacial score (nSPS) is 35.6. The third-order valence-electron chi connectivity index (χ3n) is 6.22. The molecule has 0 spiro atoms. The van der Waals surface area contributed by atoms with E-state index in [1.54, 1.807) is 5.56 Å². The molecule has 0 unspecified atom stereocenters. The van der Waals surface area contributed by atoms with Crippen molar-refractivity contribution >= 4 is 8.46 Å². The Balaban J connectivity index is 2.07. The Bertz CT molecular complexity index is 565. The fraction of sp³-hybridized carbons (Fsp3) is 0.684. The van der Waals surface area contributed by atoms with E-state index in [4.69, 9.17) is 0 Å². The predicted octanol–water partition coefficient (Wildman–Crippen LogP) is 5.86. The molecule has 1 saturated carbocycles. The molecule has 3 rings (SSSR count). The van der Waals surface area contributed by atoms with Crippen LogP contribution in [0.15, 0.2) is 18.2 Å². The smallest absolute Gasteiger partial charge is 0.162 e. The summed E-state index contributed by atoms with van der Waals surface area (Å²) in [6.07, 6.45) is 5.90. The highest BCUT2D eigenvalue weighted by molar-refractivity contribution is 7.26. The fourth-order valence-corrected chi connectivity index (χ4v) is 5.74. The third-order valence-corrected chi connectivity index (χ3v) is 7.17. The molecule has 0 radical (unpaired) electrons. The summed E-state index contributed by atoms with van der Waals surface area (Å²) in [6.45, 7) is 9.19. The molecule has 0 amide bonds. The van der Waals surface area contributed by atoms with Crippen LogP contribution in [0.1, 0.15) is 76.0 Å². The maximum Gasteiger partial charge on any atom is 0.162 e. The van der Waals surface area contributed by atoms with E-state index in [1.807, 2.05) is 0 Å². The Morgan fingerprint density at radius 3 is 2.67 bits per heavy atom. The SMILES string of the molecule is CC(C)c1ccc2c(c1)CC[C@H]1[C@](C)(P=O)CCC[C@]21C. The second kappa shape index (κ2) is 5.20. The quantitative estimate of drug-likeness (QED) is 0.625. The summed E-state index contributed by atoms with van der Waals surface area (Å²) in [7, 11) is 0.348. The van der Waals surface area contributed by atoms with E-state index in [9.17, 15) is 4.57 Å². The van der Waals surface area contributed by atoms with Crippen LogP contribution in [0.5, 0.6) is 0 Å². The van der Waals surface area contributed by atoms with Gasteiger partial charge in [0.1, 0.15) is 0 Å². The molecule has 2 aliphatic rings.